The largest absolute Gasteiger partial charge is 0.481 e. The minimum atomic E-state index is -0.996. The maximum absolute atomic E-state index is 13.1. The number of nitrogens with zero attached hydrogens (tertiary/aromatic N) is 4. The van der Waals surface area contributed by atoms with Gasteiger partial charge in [0.05, 0.1) is 31.4 Å². The molecule has 2 amide bonds. The van der Waals surface area contributed by atoms with E-state index in [1.165, 1.54) is 7.11 Å². The Bertz CT molecular complexity index is 999. The average molecular weight is 456 g/mol. The molecule has 0 spiro atoms. The molecule has 176 valence electrons. The quantitative estimate of drug-likeness (QED) is 0.525. The number of aliphatic carboxylic acids is 1. The van der Waals surface area contributed by atoms with Crippen molar-refractivity contribution in [3.63, 3.8) is 0 Å². The summed E-state index contributed by atoms with van der Waals surface area (Å²) in [6.07, 6.45) is 2.93. The first-order valence-electron chi connectivity index (χ1n) is 11.2. The van der Waals surface area contributed by atoms with Crippen LogP contribution < -0.4 is 10.1 Å². The molecule has 1 saturated heterocycles. The average Bonchev–Trinajstić information content (AvgIpc) is 3.20. The van der Waals surface area contributed by atoms with Gasteiger partial charge in [0.1, 0.15) is 5.82 Å². The van der Waals surface area contributed by atoms with Crippen molar-refractivity contribution in [1.82, 2.24) is 19.8 Å². The summed E-state index contributed by atoms with van der Waals surface area (Å²) in [5, 5.41) is 23.3. The van der Waals surface area contributed by atoms with Crippen LogP contribution in [0.1, 0.15) is 48.2 Å². The third kappa shape index (κ3) is 5.16. The zero-order chi connectivity index (χ0) is 23.4. The lowest BCUT2D eigenvalue weighted by atomic mass is 10.0. The van der Waals surface area contributed by atoms with Crippen molar-refractivity contribution >= 4 is 17.8 Å². The maximum Gasteiger partial charge on any atom is 0.320 e. The third-order valence-electron chi connectivity index (χ3n) is 6.15. The molecule has 2 aliphatic heterocycles. The number of hydrogen-bond acceptors (Lipinski definition) is 7. The summed E-state index contributed by atoms with van der Waals surface area (Å²) >= 11 is 0. The minimum Gasteiger partial charge on any atom is -0.481 e. The Labute approximate surface area is 192 Å². The summed E-state index contributed by atoms with van der Waals surface area (Å²) in [4.78, 5) is 36.5. The van der Waals surface area contributed by atoms with Crippen LogP contribution in [0.4, 0.5) is 10.6 Å². The Balaban J connectivity index is 1.40. The van der Waals surface area contributed by atoms with E-state index < -0.39 is 18.1 Å². The molecule has 1 unspecified atom stereocenters. The van der Waals surface area contributed by atoms with E-state index >= 15 is 0 Å². The first-order valence-corrected chi connectivity index (χ1v) is 11.2. The number of hydrogen-bond donors (Lipinski definition) is 3. The van der Waals surface area contributed by atoms with E-state index in [9.17, 15) is 19.8 Å². The molecule has 3 N–H and O–H groups in total. The number of urea groups is 1. The number of carbonyl (C=O) groups is 2. The highest BCUT2D eigenvalue weighted by atomic mass is 16.5. The lowest BCUT2D eigenvalue weighted by Crippen LogP contribution is -2.36. The number of carboxylic acid groups (broad SMARTS) is 1. The number of methoxy groups -OCH3 is 1. The fourth-order valence-electron chi connectivity index (χ4n) is 4.34. The van der Waals surface area contributed by atoms with Crippen LogP contribution in [0.15, 0.2) is 30.5 Å². The SMILES string of the molecule is COc1ccc([C@H](CC(=O)O)N2CCN(CCC(O)c3ccc4c(n3)NCCC4)C2=O)cn1. The van der Waals surface area contributed by atoms with E-state index in [0.717, 1.165) is 30.8 Å². The van der Waals surface area contributed by atoms with Crippen LogP contribution in [0.2, 0.25) is 0 Å². The monoisotopic (exact) mass is 455 g/mol. The summed E-state index contributed by atoms with van der Waals surface area (Å²) in [6.45, 7) is 2.09. The van der Waals surface area contributed by atoms with Gasteiger partial charge in [-0.3, -0.25) is 4.79 Å². The van der Waals surface area contributed by atoms with Crippen molar-refractivity contribution < 1.29 is 24.5 Å². The van der Waals surface area contributed by atoms with Gasteiger partial charge in [-0.15, -0.1) is 0 Å². The Morgan fingerprint density at radius 1 is 1.27 bits per heavy atom. The topological polar surface area (TPSA) is 128 Å². The molecule has 0 aromatic carbocycles. The number of carboxylic acids is 1. The van der Waals surface area contributed by atoms with Crippen LogP contribution in [0.25, 0.3) is 0 Å². The zero-order valence-electron chi connectivity index (χ0n) is 18.6. The molecule has 4 heterocycles. The van der Waals surface area contributed by atoms with Crippen LogP contribution >= 0.6 is 0 Å². The normalized spacial score (nSPS) is 17.3. The first kappa shape index (κ1) is 22.8. The maximum atomic E-state index is 13.1. The summed E-state index contributed by atoms with van der Waals surface area (Å²) in [5.41, 5.74) is 2.37. The second-order valence-electron chi connectivity index (χ2n) is 8.29. The van der Waals surface area contributed by atoms with Crippen molar-refractivity contribution in [2.75, 3.05) is 38.6 Å². The minimum absolute atomic E-state index is 0.220. The van der Waals surface area contributed by atoms with Gasteiger partial charge in [-0.1, -0.05) is 12.1 Å². The van der Waals surface area contributed by atoms with E-state index in [1.54, 1.807) is 28.1 Å². The molecule has 2 aromatic heterocycles. The van der Waals surface area contributed by atoms with Gasteiger partial charge < -0.3 is 30.1 Å². The van der Waals surface area contributed by atoms with Crippen molar-refractivity contribution in [3.8, 4) is 5.88 Å². The second kappa shape index (κ2) is 10.0. The molecular formula is C23H29N5O5. The first-order chi connectivity index (χ1) is 16.0. The predicted molar refractivity (Wildman–Crippen MR) is 120 cm³/mol. The lowest BCUT2D eigenvalue weighted by molar-refractivity contribution is -0.138. The van der Waals surface area contributed by atoms with Crippen molar-refractivity contribution in [3.05, 3.63) is 47.3 Å². The Kier molecular flexibility index (Phi) is 6.93. The van der Waals surface area contributed by atoms with E-state index in [0.29, 0.717) is 43.2 Å². The summed E-state index contributed by atoms with van der Waals surface area (Å²) < 4.78 is 5.07. The van der Waals surface area contributed by atoms with Crippen molar-refractivity contribution in [1.29, 1.82) is 0 Å². The van der Waals surface area contributed by atoms with Crippen LogP contribution in [0.5, 0.6) is 5.88 Å². The number of carbonyl (C=O) groups excluding carboxylic acids is 1. The number of aryl methyl sites for hydroxylation is 1. The smallest absolute Gasteiger partial charge is 0.320 e. The van der Waals surface area contributed by atoms with Crippen LogP contribution in [0.3, 0.4) is 0 Å². The van der Waals surface area contributed by atoms with Crippen molar-refractivity contribution in [2.24, 2.45) is 0 Å². The number of nitrogens with one attached hydrogen (secondary N) is 1. The number of aliphatic hydroxyl groups excluding tert-OH is 1. The van der Waals surface area contributed by atoms with E-state index in [-0.39, 0.29) is 12.5 Å². The number of ether oxygens (including phenoxy) is 1. The number of anilines is 1. The molecule has 33 heavy (non-hydrogen) atoms. The number of pyridine rings is 2. The molecule has 10 nitrogen and oxygen atoms in total. The van der Waals surface area contributed by atoms with Gasteiger partial charge in [0.2, 0.25) is 5.88 Å². The van der Waals surface area contributed by atoms with Gasteiger partial charge in [-0.25, -0.2) is 14.8 Å². The molecule has 1 fully saturated rings. The fourth-order valence-corrected chi connectivity index (χ4v) is 4.34. The number of rotatable bonds is 9. The molecule has 2 aromatic rings. The second-order valence-corrected chi connectivity index (χ2v) is 8.29. The number of amides is 2. The van der Waals surface area contributed by atoms with Gasteiger partial charge in [0.25, 0.3) is 0 Å². The summed E-state index contributed by atoms with van der Waals surface area (Å²) in [6, 6.07) is 6.35. The van der Waals surface area contributed by atoms with E-state index in [2.05, 4.69) is 15.3 Å². The van der Waals surface area contributed by atoms with Gasteiger partial charge in [0.15, 0.2) is 0 Å². The number of aliphatic hydroxyl groups is 1. The molecule has 4 rings (SSSR count). The lowest BCUT2D eigenvalue weighted by Gasteiger charge is -2.27. The van der Waals surface area contributed by atoms with E-state index in [1.807, 2.05) is 12.1 Å². The highest BCUT2D eigenvalue weighted by Gasteiger charge is 2.36. The number of fused-ring (bicyclic) bond motifs is 1. The van der Waals surface area contributed by atoms with Gasteiger partial charge >= 0.3 is 12.0 Å². The molecule has 2 atom stereocenters. The van der Waals surface area contributed by atoms with Crippen LogP contribution in [0, 0.1) is 0 Å². The molecule has 0 saturated carbocycles. The standard InChI is InChI=1S/C23H29N5O5/c1-33-20-7-5-16(14-25-20)18(13-21(30)31)28-12-11-27(23(28)32)10-8-19(29)17-6-4-15-3-2-9-24-22(15)26-17/h4-7,14,18-19,29H,2-3,8-13H2,1H3,(H,24,26)(H,30,31)/t18-,19?/m0/s1. The predicted octanol–water partition coefficient (Wildman–Crippen LogP) is 2.22. The van der Waals surface area contributed by atoms with Crippen LogP contribution in [-0.4, -0.2) is 75.3 Å². The highest BCUT2D eigenvalue weighted by Crippen LogP contribution is 2.30. The molecule has 10 heteroatoms. The Hall–Kier alpha value is -3.40. The number of aromatic nitrogens is 2. The third-order valence-corrected chi connectivity index (χ3v) is 6.15. The summed E-state index contributed by atoms with van der Waals surface area (Å²) in [5.74, 6) is 0.248. The van der Waals surface area contributed by atoms with Crippen molar-refractivity contribution in [2.45, 2.75) is 37.8 Å². The molecule has 0 radical (unpaired) electrons. The zero-order valence-corrected chi connectivity index (χ0v) is 18.6. The molecular weight excluding hydrogens is 426 g/mol. The van der Waals surface area contributed by atoms with Gasteiger partial charge in [0, 0.05) is 38.4 Å². The summed E-state index contributed by atoms with van der Waals surface area (Å²) in [7, 11) is 1.50. The molecule has 2 aliphatic rings. The van der Waals surface area contributed by atoms with E-state index in [4.69, 9.17) is 4.74 Å². The highest BCUT2D eigenvalue weighted by molar-refractivity contribution is 5.78. The Morgan fingerprint density at radius 3 is 2.85 bits per heavy atom. The van der Waals surface area contributed by atoms with Crippen LogP contribution in [-0.2, 0) is 11.2 Å². The van der Waals surface area contributed by atoms with Gasteiger partial charge in [-0.2, -0.15) is 0 Å². The Morgan fingerprint density at radius 2 is 2.12 bits per heavy atom. The van der Waals surface area contributed by atoms with Gasteiger partial charge in [-0.05, 0) is 36.5 Å². The molecule has 0 bridgehead atoms. The molecule has 0 aliphatic carbocycles. The fraction of sp³-hybridized carbons (Fsp3) is 0.478.